The number of hydrogen-bond donors (Lipinski definition) is 1. The van der Waals surface area contributed by atoms with Crippen LogP contribution in [0.25, 0.3) is 0 Å². The predicted octanol–water partition coefficient (Wildman–Crippen LogP) is 1.93. The lowest BCUT2D eigenvalue weighted by Gasteiger charge is -2.16. The lowest BCUT2D eigenvalue weighted by molar-refractivity contribution is -0.384. The number of pyridine rings is 1. The zero-order valence-corrected chi connectivity index (χ0v) is 10.0. The summed E-state index contributed by atoms with van der Waals surface area (Å²) in [7, 11) is 0. The van der Waals surface area contributed by atoms with Crippen LogP contribution in [0.4, 0.5) is 11.5 Å². The molecule has 1 N–H and O–H groups in total. The molecule has 1 heterocycles. The Morgan fingerprint density at radius 1 is 1.61 bits per heavy atom. The highest BCUT2D eigenvalue weighted by Gasteiger charge is 2.20. The van der Waals surface area contributed by atoms with E-state index < -0.39 is 4.92 Å². The zero-order valence-electron chi connectivity index (χ0n) is 10.0. The third-order valence-electron chi connectivity index (χ3n) is 2.33. The van der Waals surface area contributed by atoms with Crippen molar-refractivity contribution in [1.82, 2.24) is 4.98 Å². The molecule has 0 aliphatic heterocycles. The van der Waals surface area contributed by atoms with Crippen molar-refractivity contribution in [2.75, 3.05) is 5.32 Å². The van der Waals surface area contributed by atoms with Crippen molar-refractivity contribution in [3.05, 3.63) is 27.9 Å². The minimum absolute atomic E-state index is 0.0793. The first kappa shape index (κ1) is 13.5. The van der Waals surface area contributed by atoms with Crippen molar-refractivity contribution < 1.29 is 4.92 Å². The highest BCUT2D eigenvalue weighted by molar-refractivity contribution is 5.59. The van der Waals surface area contributed by atoms with Crippen LogP contribution in [-0.4, -0.2) is 15.9 Å². The fraction of sp³-hybridized carbons (Fsp3) is 0.333. The third kappa shape index (κ3) is 2.96. The number of rotatable bonds is 4. The largest absolute Gasteiger partial charge is 0.350 e. The van der Waals surface area contributed by atoms with Crippen LogP contribution in [-0.2, 0) is 0 Å². The number of aromatic nitrogens is 1. The predicted molar refractivity (Wildman–Crippen MR) is 66.7 cm³/mol. The Morgan fingerprint density at radius 3 is 2.72 bits per heavy atom. The van der Waals surface area contributed by atoms with E-state index in [2.05, 4.69) is 16.2 Å². The lowest BCUT2D eigenvalue weighted by Crippen LogP contribution is -2.24. The number of terminal acetylenes is 1. The van der Waals surface area contributed by atoms with Gasteiger partial charge in [-0.2, -0.15) is 5.26 Å². The molecule has 1 atom stereocenters. The number of nitrogens with one attached hydrogen (secondary N) is 1. The molecule has 1 unspecified atom stereocenters. The third-order valence-corrected chi connectivity index (χ3v) is 2.33. The first-order valence-electron chi connectivity index (χ1n) is 5.26. The summed E-state index contributed by atoms with van der Waals surface area (Å²) < 4.78 is 0. The van der Waals surface area contributed by atoms with Crippen molar-refractivity contribution in [2.45, 2.75) is 19.9 Å². The van der Waals surface area contributed by atoms with Crippen LogP contribution in [0.15, 0.2) is 12.3 Å². The molecule has 0 fully saturated rings. The average molecular weight is 244 g/mol. The number of nitriles is 1. The zero-order chi connectivity index (χ0) is 13.7. The highest BCUT2D eigenvalue weighted by Crippen LogP contribution is 2.24. The fourth-order valence-corrected chi connectivity index (χ4v) is 1.31. The summed E-state index contributed by atoms with van der Waals surface area (Å²) in [4.78, 5) is 14.2. The van der Waals surface area contributed by atoms with Gasteiger partial charge in [-0.1, -0.05) is 19.8 Å². The lowest BCUT2D eigenvalue weighted by atomic mass is 10.1. The van der Waals surface area contributed by atoms with Crippen LogP contribution < -0.4 is 5.32 Å². The minimum Gasteiger partial charge on any atom is -0.350 e. The maximum absolute atomic E-state index is 10.9. The van der Waals surface area contributed by atoms with E-state index in [0.29, 0.717) is 0 Å². The van der Waals surface area contributed by atoms with Gasteiger partial charge in [0.2, 0.25) is 5.82 Å². The number of hydrogen-bond acceptors (Lipinski definition) is 5. The van der Waals surface area contributed by atoms with Crippen molar-refractivity contribution in [1.29, 1.82) is 5.26 Å². The van der Waals surface area contributed by atoms with Crippen LogP contribution in [0, 0.1) is 39.7 Å². The molecule has 1 aromatic rings. The Bertz CT molecular complexity index is 540. The van der Waals surface area contributed by atoms with E-state index in [0.717, 1.165) is 0 Å². The molecule has 18 heavy (non-hydrogen) atoms. The molecule has 0 saturated heterocycles. The van der Waals surface area contributed by atoms with Gasteiger partial charge in [-0.3, -0.25) is 10.1 Å². The Labute approximate surface area is 105 Å². The molecule has 0 saturated carbocycles. The monoisotopic (exact) mass is 244 g/mol. The molecule has 92 valence electrons. The van der Waals surface area contributed by atoms with E-state index in [9.17, 15) is 10.1 Å². The Kier molecular flexibility index (Phi) is 4.22. The number of nitro groups is 1. The van der Waals surface area contributed by atoms with Gasteiger partial charge in [0.05, 0.1) is 16.5 Å². The van der Waals surface area contributed by atoms with Crippen molar-refractivity contribution in [3.63, 3.8) is 0 Å². The van der Waals surface area contributed by atoms with E-state index >= 15 is 0 Å². The summed E-state index contributed by atoms with van der Waals surface area (Å²) in [5.41, 5.74) is -0.121. The molecule has 0 aromatic carbocycles. The highest BCUT2D eigenvalue weighted by atomic mass is 16.6. The first-order valence-corrected chi connectivity index (χ1v) is 5.26. The van der Waals surface area contributed by atoms with Crippen molar-refractivity contribution in [2.24, 2.45) is 5.92 Å². The molecule has 6 nitrogen and oxygen atoms in total. The van der Waals surface area contributed by atoms with Crippen LogP contribution in [0.2, 0.25) is 0 Å². The molecule has 0 radical (unpaired) electrons. The molecule has 0 aliphatic carbocycles. The maximum Gasteiger partial charge on any atom is 0.312 e. The van der Waals surface area contributed by atoms with Gasteiger partial charge in [0.1, 0.15) is 6.07 Å². The Balaban J connectivity index is 3.14. The van der Waals surface area contributed by atoms with Gasteiger partial charge in [0.25, 0.3) is 0 Å². The summed E-state index contributed by atoms with van der Waals surface area (Å²) in [5, 5.41) is 22.4. The van der Waals surface area contributed by atoms with Crippen molar-refractivity contribution in [3.8, 4) is 18.4 Å². The SMILES string of the molecule is C#CC(Nc1ncc(C#N)cc1[N+](=O)[O-])C(C)C. The number of nitrogens with zero attached hydrogens (tertiary/aromatic N) is 3. The second-order valence-corrected chi connectivity index (χ2v) is 3.99. The Hall–Kier alpha value is -2.60. The van der Waals surface area contributed by atoms with Crippen LogP contribution in [0.1, 0.15) is 19.4 Å². The summed E-state index contributed by atoms with van der Waals surface area (Å²) in [6, 6.07) is 2.62. The van der Waals surface area contributed by atoms with Crippen LogP contribution in [0.5, 0.6) is 0 Å². The standard InChI is InChI=1S/C12H12N4O2/c1-4-10(8(2)3)15-12-11(16(17)18)5-9(6-13)7-14-12/h1,5,7-8,10H,2-3H3,(H,14,15). The fourth-order valence-electron chi connectivity index (χ4n) is 1.31. The molecule has 6 heteroatoms. The first-order chi connectivity index (χ1) is 8.49. The van der Waals surface area contributed by atoms with Gasteiger partial charge in [-0.15, -0.1) is 6.42 Å². The van der Waals surface area contributed by atoms with Crippen molar-refractivity contribution >= 4 is 11.5 Å². The summed E-state index contributed by atoms with van der Waals surface area (Å²) in [6.07, 6.45) is 6.61. The molecule has 0 spiro atoms. The molecule has 0 aliphatic rings. The second-order valence-electron chi connectivity index (χ2n) is 3.99. The molecular formula is C12H12N4O2. The van der Waals surface area contributed by atoms with Gasteiger partial charge in [0, 0.05) is 12.3 Å². The van der Waals surface area contributed by atoms with E-state index in [1.807, 2.05) is 13.8 Å². The topological polar surface area (TPSA) is 91.8 Å². The van der Waals surface area contributed by atoms with Gasteiger partial charge in [-0.25, -0.2) is 4.98 Å². The summed E-state index contributed by atoms with van der Waals surface area (Å²) in [5.74, 6) is 2.69. The molecule has 1 aromatic heterocycles. The normalized spacial score (nSPS) is 11.4. The van der Waals surface area contributed by atoms with Crippen LogP contribution >= 0.6 is 0 Å². The van der Waals surface area contributed by atoms with Gasteiger partial charge < -0.3 is 5.32 Å². The van der Waals surface area contributed by atoms with E-state index in [4.69, 9.17) is 11.7 Å². The molecule has 0 amide bonds. The van der Waals surface area contributed by atoms with Gasteiger partial charge >= 0.3 is 5.69 Å². The molecule has 1 rings (SSSR count). The second kappa shape index (κ2) is 5.65. The van der Waals surface area contributed by atoms with E-state index in [1.165, 1.54) is 12.3 Å². The van der Waals surface area contributed by atoms with Gasteiger partial charge in [0.15, 0.2) is 0 Å². The quantitative estimate of drug-likeness (QED) is 0.496. The van der Waals surface area contributed by atoms with Gasteiger partial charge in [-0.05, 0) is 5.92 Å². The summed E-state index contributed by atoms with van der Waals surface area (Å²) >= 11 is 0. The van der Waals surface area contributed by atoms with E-state index in [1.54, 1.807) is 6.07 Å². The molecular weight excluding hydrogens is 232 g/mol. The smallest absolute Gasteiger partial charge is 0.312 e. The minimum atomic E-state index is -0.593. The average Bonchev–Trinajstić information content (AvgIpc) is 2.35. The Morgan fingerprint density at radius 2 is 2.28 bits per heavy atom. The maximum atomic E-state index is 10.9. The summed E-state index contributed by atoms with van der Waals surface area (Å²) in [6.45, 7) is 3.79. The van der Waals surface area contributed by atoms with Crippen LogP contribution in [0.3, 0.4) is 0 Å². The number of anilines is 1. The molecule has 0 bridgehead atoms. The van der Waals surface area contributed by atoms with E-state index in [-0.39, 0.29) is 29.0 Å².